The lowest BCUT2D eigenvalue weighted by Crippen LogP contribution is -2.27. The number of aromatic nitrogens is 2. The van der Waals surface area contributed by atoms with E-state index in [1.165, 1.54) is 0 Å². The van der Waals surface area contributed by atoms with Gasteiger partial charge in [0.1, 0.15) is 0 Å². The molecule has 0 fully saturated rings. The number of carbonyl (C=O) groups excluding carboxylic acids is 1. The van der Waals surface area contributed by atoms with Gasteiger partial charge in [-0.2, -0.15) is 0 Å². The molecule has 0 radical (unpaired) electrons. The van der Waals surface area contributed by atoms with E-state index in [1.54, 1.807) is 11.3 Å². The molecule has 2 heterocycles. The fourth-order valence-corrected chi connectivity index (χ4v) is 1.96. The minimum absolute atomic E-state index is 0.00382. The van der Waals surface area contributed by atoms with Crippen LogP contribution in [0.1, 0.15) is 28.3 Å². The number of hydrogen-bond donors (Lipinski definition) is 2. The Morgan fingerprint density at radius 2 is 2.44 bits per heavy atom. The third kappa shape index (κ3) is 2.03. The van der Waals surface area contributed by atoms with E-state index < -0.39 is 0 Å². The molecule has 3 N–H and O–H groups in total. The Kier molecular flexibility index (Phi) is 2.86. The predicted molar refractivity (Wildman–Crippen MR) is 58.9 cm³/mol. The van der Waals surface area contributed by atoms with E-state index in [-0.39, 0.29) is 23.5 Å². The molecular weight excluding hydrogens is 228 g/mol. The first-order valence-corrected chi connectivity index (χ1v) is 5.48. The van der Waals surface area contributed by atoms with Crippen molar-refractivity contribution in [3.63, 3.8) is 0 Å². The molecule has 6 nitrogen and oxygen atoms in total. The molecule has 0 unspecified atom stereocenters. The van der Waals surface area contributed by atoms with E-state index in [2.05, 4.69) is 20.3 Å². The largest absolute Gasteiger partial charge is 0.379 e. The van der Waals surface area contributed by atoms with Gasteiger partial charge < -0.3 is 11.1 Å². The maximum absolute atomic E-state index is 11.7. The zero-order chi connectivity index (χ0) is 11.5. The number of amides is 1. The first kappa shape index (κ1) is 10.6. The summed E-state index contributed by atoms with van der Waals surface area (Å²) in [6, 6.07) is 3.78. The molecule has 84 valence electrons. The maximum atomic E-state index is 11.7. The van der Waals surface area contributed by atoms with E-state index in [0.717, 1.165) is 4.88 Å². The van der Waals surface area contributed by atoms with Gasteiger partial charge in [0.2, 0.25) is 11.5 Å². The summed E-state index contributed by atoms with van der Waals surface area (Å²) in [6.07, 6.45) is 0. The average molecular weight is 238 g/mol. The molecule has 1 atom stereocenters. The van der Waals surface area contributed by atoms with Crippen molar-refractivity contribution in [2.45, 2.75) is 13.0 Å². The first-order valence-electron chi connectivity index (χ1n) is 4.61. The molecule has 0 spiro atoms. The van der Waals surface area contributed by atoms with Crippen LogP contribution < -0.4 is 11.1 Å². The monoisotopic (exact) mass is 238 g/mol. The highest BCUT2D eigenvalue weighted by atomic mass is 32.1. The normalized spacial score (nSPS) is 12.3. The van der Waals surface area contributed by atoms with Crippen molar-refractivity contribution in [2.24, 2.45) is 0 Å². The van der Waals surface area contributed by atoms with Gasteiger partial charge in [0.05, 0.1) is 6.04 Å². The van der Waals surface area contributed by atoms with E-state index in [1.807, 2.05) is 24.4 Å². The molecule has 0 aromatic carbocycles. The summed E-state index contributed by atoms with van der Waals surface area (Å²) in [7, 11) is 0. The van der Waals surface area contributed by atoms with Gasteiger partial charge >= 0.3 is 0 Å². The van der Waals surface area contributed by atoms with Crippen LogP contribution in [-0.4, -0.2) is 16.2 Å². The summed E-state index contributed by atoms with van der Waals surface area (Å²) in [5, 5.41) is 11.5. The summed E-state index contributed by atoms with van der Waals surface area (Å²) in [4.78, 5) is 12.7. The predicted octanol–water partition coefficient (Wildman–Crippen LogP) is 1.20. The van der Waals surface area contributed by atoms with Gasteiger partial charge in [-0.05, 0) is 28.7 Å². The molecule has 0 bridgehead atoms. The highest BCUT2D eigenvalue weighted by Crippen LogP contribution is 2.18. The highest BCUT2D eigenvalue weighted by molar-refractivity contribution is 7.10. The van der Waals surface area contributed by atoms with Crippen molar-refractivity contribution in [1.82, 2.24) is 15.6 Å². The summed E-state index contributed by atoms with van der Waals surface area (Å²) in [5.41, 5.74) is 5.43. The van der Waals surface area contributed by atoms with Gasteiger partial charge in [0.15, 0.2) is 0 Å². The van der Waals surface area contributed by atoms with Crippen LogP contribution in [0.25, 0.3) is 0 Å². The number of thiophene rings is 1. The molecule has 0 aliphatic carbocycles. The lowest BCUT2D eigenvalue weighted by Gasteiger charge is -2.10. The average Bonchev–Trinajstić information content (AvgIpc) is 2.86. The molecule has 0 aliphatic heterocycles. The number of carbonyl (C=O) groups is 1. The standard InChI is InChI=1S/C9H10N4O2S/c1-5(6-3-2-4-16-6)11-9(14)7-8(10)13-15-12-7/h2-5H,1H3,(H2,10,13)(H,11,14)/t5-/m0/s1. The van der Waals surface area contributed by atoms with Crippen LogP contribution >= 0.6 is 11.3 Å². The van der Waals surface area contributed by atoms with Crippen molar-refractivity contribution in [3.8, 4) is 0 Å². The van der Waals surface area contributed by atoms with Crippen molar-refractivity contribution in [3.05, 3.63) is 28.1 Å². The van der Waals surface area contributed by atoms with Gasteiger partial charge in [-0.1, -0.05) is 6.07 Å². The van der Waals surface area contributed by atoms with Gasteiger partial charge in [0, 0.05) is 4.88 Å². The van der Waals surface area contributed by atoms with Gasteiger partial charge in [0.25, 0.3) is 5.91 Å². The van der Waals surface area contributed by atoms with Crippen LogP contribution in [0.15, 0.2) is 22.1 Å². The van der Waals surface area contributed by atoms with Crippen LogP contribution in [-0.2, 0) is 0 Å². The Labute approximate surface area is 95.4 Å². The Bertz CT molecular complexity index is 479. The summed E-state index contributed by atoms with van der Waals surface area (Å²) in [5.74, 6) is -0.393. The SMILES string of the molecule is C[C@H](NC(=O)c1nonc1N)c1cccs1. The fourth-order valence-electron chi connectivity index (χ4n) is 1.23. The molecule has 16 heavy (non-hydrogen) atoms. The van der Waals surface area contributed by atoms with Crippen LogP contribution in [0.3, 0.4) is 0 Å². The molecule has 7 heteroatoms. The first-order chi connectivity index (χ1) is 7.68. The third-order valence-corrected chi connectivity index (χ3v) is 3.10. The number of nitrogens with one attached hydrogen (secondary N) is 1. The van der Waals surface area contributed by atoms with Crippen LogP contribution in [0.4, 0.5) is 5.82 Å². The molecule has 0 saturated heterocycles. The maximum Gasteiger partial charge on any atom is 0.277 e. The zero-order valence-electron chi connectivity index (χ0n) is 8.51. The van der Waals surface area contributed by atoms with E-state index in [0.29, 0.717) is 0 Å². The number of rotatable bonds is 3. The summed E-state index contributed by atoms with van der Waals surface area (Å²) >= 11 is 1.57. The number of anilines is 1. The minimum Gasteiger partial charge on any atom is -0.379 e. The van der Waals surface area contributed by atoms with Crippen LogP contribution in [0.2, 0.25) is 0 Å². The van der Waals surface area contributed by atoms with E-state index in [9.17, 15) is 4.79 Å². The third-order valence-electron chi connectivity index (χ3n) is 2.05. The van der Waals surface area contributed by atoms with Crippen molar-refractivity contribution in [2.75, 3.05) is 5.73 Å². The van der Waals surface area contributed by atoms with Gasteiger partial charge in [-0.3, -0.25) is 4.79 Å². The number of nitrogens with two attached hydrogens (primary N) is 1. The quantitative estimate of drug-likeness (QED) is 0.838. The molecule has 0 saturated carbocycles. The lowest BCUT2D eigenvalue weighted by molar-refractivity contribution is 0.0931. The van der Waals surface area contributed by atoms with Gasteiger partial charge in [-0.15, -0.1) is 11.3 Å². The molecule has 2 aromatic heterocycles. The molecule has 0 aliphatic rings. The van der Waals surface area contributed by atoms with Crippen LogP contribution in [0.5, 0.6) is 0 Å². The van der Waals surface area contributed by atoms with Crippen molar-refractivity contribution < 1.29 is 9.42 Å². The molecule has 1 amide bonds. The smallest absolute Gasteiger partial charge is 0.277 e. The second kappa shape index (κ2) is 4.31. The van der Waals surface area contributed by atoms with Crippen molar-refractivity contribution in [1.29, 1.82) is 0 Å². The topological polar surface area (TPSA) is 94.0 Å². The Balaban J connectivity index is 2.06. The fraction of sp³-hybridized carbons (Fsp3) is 0.222. The zero-order valence-corrected chi connectivity index (χ0v) is 9.32. The Hall–Kier alpha value is -1.89. The van der Waals surface area contributed by atoms with Crippen molar-refractivity contribution >= 4 is 23.1 Å². The van der Waals surface area contributed by atoms with E-state index >= 15 is 0 Å². The summed E-state index contributed by atoms with van der Waals surface area (Å²) in [6.45, 7) is 1.88. The second-order valence-corrected chi connectivity index (χ2v) is 4.19. The number of hydrogen-bond acceptors (Lipinski definition) is 6. The molecular formula is C9H10N4O2S. The summed E-state index contributed by atoms with van der Waals surface area (Å²) < 4.78 is 4.36. The lowest BCUT2D eigenvalue weighted by atomic mass is 10.2. The Morgan fingerprint density at radius 1 is 1.62 bits per heavy atom. The Morgan fingerprint density at radius 3 is 3.00 bits per heavy atom. The molecule has 2 rings (SSSR count). The van der Waals surface area contributed by atoms with Crippen LogP contribution in [0, 0.1) is 0 Å². The minimum atomic E-state index is -0.389. The highest BCUT2D eigenvalue weighted by Gasteiger charge is 2.18. The second-order valence-electron chi connectivity index (χ2n) is 3.21. The number of nitrogens with zero attached hydrogens (tertiary/aromatic N) is 2. The van der Waals surface area contributed by atoms with E-state index in [4.69, 9.17) is 5.73 Å². The number of nitrogen functional groups attached to an aromatic ring is 1. The van der Waals surface area contributed by atoms with Gasteiger partial charge in [-0.25, -0.2) is 4.63 Å². The molecule has 2 aromatic rings.